The number of nitriles is 1. The molecule has 6 heteroatoms. The Bertz CT molecular complexity index is 761. The number of aliphatic hydroxyl groups is 1. The zero-order valence-corrected chi connectivity index (χ0v) is 11.6. The molecule has 2 rings (SSSR count). The molecule has 22 heavy (non-hydrogen) atoms. The summed E-state index contributed by atoms with van der Waals surface area (Å²) >= 11 is 0. The lowest BCUT2D eigenvalue weighted by atomic mass is 10.1. The van der Waals surface area contributed by atoms with Gasteiger partial charge in [0.2, 0.25) is 0 Å². The van der Waals surface area contributed by atoms with E-state index in [9.17, 15) is 9.90 Å². The normalized spacial score (nSPS) is 9.77. The summed E-state index contributed by atoms with van der Waals surface area (Å²) in [4.78, 5) is 15.7. The Morgan fingerprint density at radius 3 is 2.55 bits per heavy atom. The third kappa shape index (κ3) is 3.41. The molecule has 110 valence electrons. The number of nitrogens with one attached hydrogen (secondary N) is 1. The Morgan fingerprint density at radius 1 is 1.32 bits per heavy atom. The summed E-state index contributed by atoms with van der Waals surface area (Å²) in [5.41, 5.74) is 1.77. The number of carbonyl (C=O) groups is 1. The van der Waals surface area contributed by atoms with E-state index in [1.165, 1.54) is 12.3 Å². The van der Waals surface area contributed by atoms with E-state index in [4.69, 9.17) is 10.4 Å². The fourth-order valence-corrected chi connectivity index (χ4v) is 1.79. The Balaban J connectivity index is 2.23. The number of pyridine rings is 1. The van der Waals surface area contributed by atoms with Gasteiger partial charge < -0.3 is 15.5 Å². The maximum atomic E-state index is 11.8. The molecule has 0 radical (unpaired) electrons. The average Bonchev–Trinajstić information content (AvgIpc) is 2.52. The summed E-state index contributed by atoms with van der Waals surface area (Å²) in [7, 11) is 0. The number of amides is 1. The number of hydrogen-bond acceptors (Lipinski definition) is 5. The maximum Gasteiger partial charge on any atom is 0.274 e. The fourth-order valence-electron chi connectivity index (χ4n) is 1.79. The standard InChI is InChI=1S/C16H13N3O3/c1-10(20)8-19-16(22)15-14(21)6-13(9-18-15)12-4-2-11(7-17)3-5-12/h2-6,9,20-21H,1,8H2,(H,19,22). The van der Waals surface area contributed by atoms with Crippen molar-refractivity contribution in [2.75, 3.05) is 6.54 Å². The molecule has 0 aliphatic rings. The molecule has 3 N–H and O–H groups in total. The molecule has 0 unspecified atom stereocenters. The van der Waals surface area contributed by atoms with Crippen molar-refractivity contribution in [3.63, 3.8) is 0 Å². The van der Waals surface area contributed by atoms with Gasteiger partial charge >= 0.3 is 0 Å². The van der Waals surface area contributed by atoms with Crippen LogP contribution in [0.5, 0.6) is 5.75 Å². The van der Waals surface area contributed by atoms with E-state index in [0.29, 0.717) is 11.1 Å². The summed E-state index contributed by atoms with van der Waals surface area (Å²) in [6, 6.07) is 10.2. The summed E-state index contributed by atoms with van der Waals surface area (Å²) in [5.74, 6) is -1.08. The third-order valence-corrected chi connectivity index (χ3v) is 2.88. The van der Waals surface area contributed by atoms with Gasteiger partial charge in [0.05, 0.1) is 18.2 Å². The Kier molecular flexibility index (Phi) is 4.39. The van der Waals surface area contributed by atoms with Crippen molar-refractivity contribution in [3.8, 4) is 22.9 Å². The molecule has 1 heterocycles. The molecule has 0 aliphatic carbocycles. The molecule has 2 aromatic rings. The zero-order valence-electron chi connectivity index (χ0n) is 11.6. The molecule has 0 saturated carbocycles. The highest BCUT2D eigenvalue weighted by Crippen LogP contribution is 2.24. The molecule has 0 atom stereocenters. The predicted octanol–water partition coefficient (Wildman–Crippen LogP) is 2.13. The van der Waals surface area contributed by atoms with Crippen LogP contribution in [0.3, 0.4) is 0 Å². The van der Waals surface area contributed by atoms with E-state index in [1.54, 1.807) is 24.3 Å². The van der Waals surface area contributed by atoms with E-state index >= 15 is 0 Å². The quantitative estimate of drug-likeness (QED) is 0.749. The van der Waals surface area contributed by atoms with E-state index < -0.39 is 5.91 Å². The second-order valence-corrected chi connectivity index (χ2v) is 4.53. The van der Waals surface area contributed by atoms with Crippen LogP contribution in [-0.4, -0.2) is 27.6 Å². The van der Waals surface area contributed by atoms with Crippen LogP contribution in [-0.2, 0) is 0 Å². The molecule has 0 saturated heterocycles. The minimum absolute atomic E-state index is 0.114. The summed E-state index contributed by atoms with van der Waals surface area (Å²) in [5, 5.41) is 30.0. The highest BCUT2D eigenvalue weighted by molar-refractivity contribution is 5.95. The number of nitrogens with zero attached hydrogens (tertiary/aromatic N) is 2. The minimum atomic E-state index is -0.612. The Labute approximate surface area is 127 Å². The number of carbonyl (C=O) groups excluding carboxylic acids is 1. The van der Waals surface area contributed by atoms with Gasteiger partial charge in [-0.15, -0.1) is 0 Å². The lowest BCUT2D eigenvalue weighted by Crippen LogP contribution is -2.26. The van der Waals surface area contributed by atoms with Crippen LogP contribution in [0, 0.1) is 11.3 Å². The zero-order chi connectivity index (χ0) is 16.1. The van der Waals surface area contributed by atoms with Crippen LogP contribution >= 0.6 is 0 Å². The second kappa shape index (κ2) is 6.41. The van der Waals surface area contributed by atoms with Gasteiger partial charge in [-0.1, -0.05) is 18.7 Å². The van der Waals surface area contributed by atoms with Crippen LogP contribution in [0.15, 0.2) is 48.9 Å². The van der Waals surface area contributed by atoms with Crippen molar-refractivity contribution in [3.05, 3.63) is 60.1 Å². The number of rotatable bonds is 4. The highest BCUT2D eigenvalue weighted by Gasteiger charge is 2.14. The van der Waals surface area contributed by atoms with E-state index in [0.717, 1.165) is 5.56 Å². The molecule has 0 spiro atoms. The molecule has 1 amide bonds. The first-order chi connectivity index (χ1) is 10.5. The highest BCUT2D eigenvalue weighted by atomic mass is 16.3. The monoisotopic (exact) mass is 295 g/mol. The lowest BCUT2D eigenvalue weighted by Gasteiger charge is -2.07. The lowest BCUT2D eigenvalue weighted by molar-refractivity contribution is 0.0944. The molecular weight excluding hydrogens is 282 g/mol. The summed E-state index contributed by atoms with van der Waals surface area (Å²) in [6.07, 6.45) is 1.45. The fraction of sp³-hybridized carbons (Fsp3) is 0.0625. The van der Waals surface area contributed by atoms with Gasteiger partial charge in [0.15, 0.2) is 5.69 Å². The minimum Gasteiger partial charge on any atom is -0.511 e. The first-order valence-corrected chi connectivity index (χ1v) is 6.35. The number of aromatic hydroxyl groups is 1. The topological polar surface area (TPSA) is 106 Å². The van der Waals surface area contributed by atoms with Crippen LogP contribution in [0.2, 0.25) is 0 Å². The van der Waals surface area contributed by atoms with Crippen LogP contribution in [0.4, 0.5) is 0 Å². The van der Waals surface area contributed by atoms with Gasteiger partial charge in [0.25, 0.3) is 5.91 Å². The van der Waals surface area contributed by atoms with E-state index in [-0.39, 0.29) is 23.7 Å². The van der Waals surface area contributed by atoms with Crippen LogP contribution in [0.25, 0.3) is 11.1 Å². The number of benzene rings is 1. The molecule has 0 aliphatic heterocycles. The molecule has 0 bridgehead atoms. The van der Waals surface area contributed by atoms with Crippen molar-refractivity contribution in [1.29, 1.82) is 5.26 Å². The van der Waals surface area contributed by atoms with Gasteiger partial charge in [-0.3, -0.25) is 4.79 Å². The number of hydrogen-bond donors (Lipinski definition) is 3. The average molecular weight is 295 g/mol. The SMILES string of the molecule is C=C(O)CNC(=O)c1ncc(-c2ccc(C#N)cc2)cc1O. The van der Waals surface area contributed by atoms with Crippen molar-refractivity contribution in [2.24, 2.45) is 0 Å². The second-order valence-electron chi connectivity index (χ2n) is 4.53. The van der Waals surface area contributed by atoms with Gasteiger partial charge in [0.1, 0.15) is 11.5 Å². The third-order valence-electron chi connectivity index (χ3n) is 2.88. The van der Waals surface area contributed by atoms with Gasteiger partial charge in [0, 0.05) is 11.8 Å². The summed E-state index contributed by atoms with van der Waals surface area (Å²) < 4.78 is 0. The molecular formula is C16H13N3O3. The number of aliphatic hydroxyl groups excluding tert-OH is 1. The van der Waals surface area contributed by atoms with Gasteiger partial charge in [-0.2, -0.15) is 5.26 Å². The Morgan fingerprint density at radius 2 is 2.00 bits per heavy atom. The van der Waals surface area contributed by atoms with Gasteiger partial charge in [-0.25, -0.2) is 4.98 Å². The van der Waals surface area contributed by atoms with Crippen LogP contribution in [0.1, 0.15) is 16.1 Å². The first-order valence-electron chi connectivity index (χ1n) is 6.35. The molecule has 6 nitrogen and oxygen atoms in total. The van der Waals surface area contributed by atoms with E-state index in [2.05, 4.69) is 16.9 Å². The predicted molar refractivity (Wildman–Crippen MR) is 80.2 cm³/mol. The molecule has 0 fully saturated rings. The first kappa shape index (κ1) is 15.1. The van der Waals surface area contributed by atoms with Crippen molar-refractivity contribution in [2.45, 2.75) is 0 Å². The largest absolute Gasteiger partial charge is 0.511 e. The number of aromatic nitrogens is 1. The molecule has 1 aromatic heterocycles. The van der Waals surface area contributed by atoms with E-state index in [1.807, 2.05) is 6.07 Å². The van der Waals surface area contributed by atoms with Crippen LogP contribution < -0.4 is 5.32 Å². The van der Waals surface area contributed by atoms with Crippen molar-refractivity contribution >= 4 is 5.91 Å². The van der Waals surface area contributed by atoms with Crippen molar-refractivity contribution in [1.82, 2.24) is 10.3 Å². The Hall–Kier alpha value is -3.33. The maximum absolute atomic E-state index is 11.8. The molecule has 1 aromatic carbocycles. The smallest absolute Gasteiger partial charge is 0.274 e. The van der Waals surface area contributed by atoms with Crippen molar-refractivity contribution < 1.29 is 15.0 Å². The summed E-state index contributed by atoms with van der Waals surface area (Å²) in [6.45, 7) is 3.13. The van der Waals surface area contributed by atoms with Gasteiger partial charge in [-0.05, 0) is 23.8 Å².